The highest BCUT2D eigenvalue weighted by Crippen LogP contribution is 2.15. The fraction of sp³-hybridized carbons (Fsp3) is 0.625. The van der Waals surface area contributed by atoms with Gasteiger partial charge >= 0.3 is 0 Å². The predicted molar refractivity (Wildman–Crippen MR) is 86.5 cm³/mol. The maximum atomic E-state index is 5.75. The molecule has 0 saturated heterocycles. The van der Waals surface area contributed by atoms with E-state index in [4.69, 9.17) is 10.5 Å². The van der Waals surface area contributed by atoms with E-state index in [-0.39, 0.29) is 0 Å². The molecule has 1 aromatic carbocycles. The van der Waals surface area contributed by atoms with E-state index < -0.39 is 0 Å². The number of unbranched alkanes of at least 4 members (excludes halogenated alkanes) is 1. The van der Waals surface area contributed by atoms with Gasteiger partial charge in [0.15, 0.2) is 0 Å². The summed E-state index contributed by atoms with van der Waals surface area (Å²) in [6, 6.07) is 8.17. The molecule has 1 aromatic rings. The third-order valence-electron chi connectivity index (χ3n) is 3.39. The molecule has 0 fully saturated rings. The Morgan fingerprint density at radius 1 is 1.10 bits per heavy atom. The van der Waals surface area contributed by atoms with Crippen LogP contribution in [0.15, 0.2) is 24.3 Å². The summed E-state index contributed by atoms with van der Waals surface area (Å²) in [5.41, 5.74) is 6.61. The van der Waals surface area contributed by atoms with Gasteiger partial charge in [0, 0.05) is 18.8 Å². The first-order chi connectivity index (χ1) is 9.80. The van der Waals surface area contributed by atoms with Crippen molar-refractivity contribution in [2.24, 2.45) is 5.73 Å². The maximum Gasteiger partial charge on any atom is 0.119 e. The van der Waals surface area contributed by atoms with E-state index in [1.807, 2.05) is 12.1 Å². The van der Waals surface area contributed by atoms with Gasteiger partial charge in [-0.25, -0.2) is 0 Å². The lowest BCUT2D eigenvalue weighted by Gasteiger charge is -2.18. The number of benzene rings is 1. The Kier molecular flexibility index (Phi) is 8.83. The third-order valence-corrected chi connectivity index (χ3v) is 3.39. The SMILES string of the molecule is CCN(CC)CCOc1ccc(NCCCCN)cc1. The molecule has 0 radical (unpaired) electrons. The maximum absolute atomic E-state index is 5.75. The molecule has 0 aliphatic carbocycles. The van der Waals surface area contributed by atoms with Crippen LogP contribution in [0.2, 0.25) is 0 Å². The molecule has 0 atom stereocenters. The summed E-state index contributed by atoms with van der Waals surface area (Å²) >= 11 is 0. The van der Waals surface area contributed by atoms with Crippen LogP contribution >= 0.6 is 0 Å². The highest BCUT2D eigenvalue weighted by atomic mass is 16.5. The largest absolute Gasteiger partial charge is 0.492 e. The second-order valence-electron chi connectivity index (χ2n) is 4.82. The summed E-state index contributed by atoms with van der Waals surface area (Å²) in [6.07, 6.45) is 2.18. The van der Waals surface area contributed by atoms with E-state index in [0.717, 1.165) is 63.6 Å². The van der Waals surface area contributed by atoms with Crippen molar-refractivity contribution in [3.8, 4) is 5.75 Å². The molecule has 0 spiro atoms. The van der Waals surface area contributed by atoms with Crippen molar-refractivity contribution in [1.82, 2.24) is 4.90 Å². The average molecular weight is 279 g/mol. The van der Waals surface area contributed by atoms with Crippen LogP contribution < -0.4 is 15.8 Å². The van der Waals surface area contributed by atoms with Crippen molar-refractivity contribution >= 4 is 5.69 Å². The lowest BCUT2D eigenvalue weighted by atomic mass is 10.2. The molecule has 0 unspecified atom stereocenters. The van der Waals surface area contributed by atoms with Crippen LogP contribution in [0.4, 0.5) is 5.69 Å². The van der Waals surface area contributed by atoms with Crippen molar-refractivity contribution in [3.05, 3.63) is 24.3 Å². The van der Waals surface area contributed by atoms with Gasteiger partial charge in [-0.05, 0) is 56.7 Å². The third kappa shape index (κ3) is 6.78. The number of hydrogen-bond donors (Lipinski definition) is 2. The molecule has 0 bridgehead atoms. The fourth-order valence-corrected chi connectivity index (χ4v) is 2.00. The number of rotatable bonds is 11. The van der Waals surface area contributed by atoms with Crippen molar-refractivity contribution in [2.45, 2.75) is 26.7 Å². The van der Waals surface area contributed by atoms with Crippen molar-refractivity contribution in [2.75, 3.05) is 44.6 Å². The van der Waals surface area contributed by atoms with Crippen LogP contribution in [0.25, 0.3) is 0 Å². The lowest BCUT2D eigenvalue weighted by molar-refractivity contribution is 0.223. The number of hydrogen-bond acceptors (Lipinski definition) is 4. The molecule has 0 amide bonds. The van der Waals surface area contributed by atoms with Crippen LogP contribution in [-0.2, 0) is 0 Å². The van der Waals surface area contributed by atoms with Crippen molar-refractivity contribution < 1.29 is 4.74 Å². The minimum Gasteiger partial charge on any atom is -0.492 e. The van der Waals surface area contributed by atoms with Crippen LogP contribution in [0.1, 0.15) is 26.7 Å². The van der Waals surface area contributed by atoms with E-state index in [0.29, 0.717) is 0 Å². The Bertz CT molecular complexity index is 336. The average Bonchev–Trinajstić information content (AvgIpc) is 2.49. The second-order valence-corrected chi connectivity index (χ2v) is 4.82. The van der Waals surface area contributed by atoms with Crippen LogP contribution in [-0.4, -0.2) is 44.2 Å². The Morgan fingerprint density at radius 3 is 2.40 bits per heavy atom. The van der Waals surface area contributed by atoms with E-state index in [1.165, 1.54) is 0 Å². The normalized spacial score (nSPS) is 10.8. The van der Waals surface area contributed by atoms with Gasteiger partial charge in [-0.15, -0.1) is 0 Å². The Hall–Kier alpha value is -1.26. The minimum absolute atomic E-state index is 0.741. The molecule has 0 aliphatic rings. The summed E-state index contributed by atoms with van der Waals surface area (Å²) < 4.78 is 5.75. The van der Waals surface area contributed by atoms with Gasteiger partial charge in [0.25, 0.3) is 0 Å². The minimum atomic E-state index is 0.741. The summed E-state index contributed by atoms with van der Waals surface area (Å²) in [5, 5.41) is 3.38. The summed E-state index contributed by atoms with van der Waals surface area (Å²) in [7, 11) is 0. The van der Waals surface area contributed by atoms with E-state index in [1.54, 1.807) is 0 Å². The van der Waals surface area contributed by atoms with E-state index >= 15 is 0 Å². The Balaban J connectivity index is 2.24. The number of nitrogens with two attached hydrogens (primary N) is 1. The number of likely N-dealkylation sites (N-methyl/N-ethyl adjacent to an activating group) is 1. The molecule has 0 aromatic heterocycles. The van der Waals surface area contributed by atoms with Gasteiger partial charge in [-0.2, -0.15) is 0 Å². The monoisotopic (exact) mass is 279 g/mol. The highest BCUT2D eigenvalue weighted by Gasteiger charge is 2.00. The van der Waals surface area contributed by atoms with Gasteiger partial charge in [-0.3, -0.25) is 0 Å². The van der Waals surface area contributed by atoms with Gasteiger partial charge in [-0.1, -0.05) is 13.8 Å². The van der Waals surface area contributed by atoms with Crippen molar-refractivity contribution in [3.63, 3.8) is 0 Å². The molecular weight excluding hydrogens is 250 g/mol. The number of nitrogens with zero attached hydrogens (tertiary/aromatic N) is 1. The van der Waals surface area contributed by atoms with Crippen LogP contribution in [0.5, 0.6) is 5.75 Å². The zero-order valence-electron chi connectivity index (χ0n) is 12.9. The molecule has 4 heteroatoms. The molecule has 0 aliphatic heterocycles. The van der Waals surface area contributed by atoms with Gasteiger partial charge in [0.05, 0.1) is 0 Å². The summed E-state index contributed by atoms with van der Waals surface area (Å²) in [4.78, 5) is 2.35. The molecule has 1 rings (SSSR count). The molecule has 114 valence electrons. The summed E-state index contributed by atoms with van der Waals surface area (Å²) in [6.45, 7) is 9.96. The predicted octanol–water partition coefficient (Wildman–Crippen LogP) is 2.56. The van der Waals surface area contributed by atoms with E-state index in [9.17, 15) is 0 Å². The fourth-order valence-electron chi connectivity index (χ4n) is 2.00. The van der Waals surface area contributed by atoms with Gasteiger partial charge in [0.2, 0.25) is 0 Å². The second kappa shape index (κ2) is 10.5. The first-order valence-electron chi connectivity index (χ1n) is 7.69. The van der Waals surface area contributed by atoms with Gasteiger partial charge < -0.3 is 20.7 Å². The Labute approximate surface area is 123 Å². The first-order valence-corrected chi connectivity index (χ1v) is 7.69. The number of nitrogens with one attached hydrogen (secondary N) is 1. The Morgan fingerprint density at radius 2 is 1.80 bits per heavy atom. The molecule has 0 heterocycles. The van der Waals surface area contributed by atoms with E-state index in [2.05, 4.69) is 36.2 Å². The zero-order valence-corrected chi connectivity index (χ0v) is 12.9. The quantitative estimate of drug-likeness (QED) is 0.611. The summed E-state index contributed by atoms with van der Waals surface area (Å²) in [5.74, 6) is 0.935. The number of anilines is 1. The smallest absolute Gasteiger partial charge is 0.119 e. The number of ether oxygens (including phenoxy) is 1. The molecular formula is C16H29N3O. The molecule has 3 N–H and O–H groups in total. The zero-order chi connectivity index (χ0) is 14.6. The van der Waals surface area contributed by atoms with Crippen LogP contribution in [0, 0.1) is 0 Å². The first kappa shape index (κ1) is 16.8. The van der Waals surface area contributed by atoms with Crippen LogP contribution in [0.3, 0.4) is 0 Å². The molecule has 20 heavy (non-hydrogen) atoms. The molecule has 4 nitrogen and oxygen atoms in total. The van der Waals surface area contributed by atoms with Gasteiger partial charge in [0.1, 0.15) is 12.4 Å². The topological polar surface area (TPSA) is 50.5 Å². The molecule has 0 saturated carbocycles. The standard InChI is InChI=1S/C16H29N3O/c1-3-19(4-2)13-14-20-16-9-7-15(8-10-16)18-12-6-5-11-17/h7-10,18H,3-6,11-14,17H2,1-2H3. The lowest BCUT2D eigenvalue weighted by Crippen LogP contribution is -2.27. The highest BCUT2D eigenvalue weighted by molar-refractivity contribution is 5.46. The van der Waals surface area contributed by atoms with Crippen molar-refractivity contribution in [1.29, 1.82) is 0 Å².